The fourth-order valence-electron chi connectivity index (χ4n) is 4.39. The number of amides is 2. The van der Waals surface area contributed by atoms with Crippen LogP contribution in [0.25, 0.3) is 11.1 Å². The van der Waals surface area contributed by atoms with Crippen molar-refractivity contribution in [3.63, 3.8) is 0 Å². The number of fused-ring (bicyclic) bond motifs is 1. The molecule has 4 aromatic carbocycles. The molecule has 0 atom stereocenters. The first kappa shape index (κ1) is 27.1. The van der Waals surface area contributed by atoms with E-state index in [0.29, 0.717) is 16.7 Å². The molecule has 206 valence electrons. The Balaban J connectivity index is 1.47. The predicted octanol–water partition coefficient (Wildman–Crippen LogP) is 5.78. The van der Waals surface area contributed by atoms with Gasteiger partial charge in [0.05, 0.1) is 23.4 Å². The van der Waals surface area contributed by atoms with Gasteiger partial charge in [-0.2, -0.15) is 18.3 Å². The van der Waals surface area contributed by atoms with Crippen molar-refractivity contribution in [3.8, 4) is 16.9 Å². The van der Waals surface area contributed by atoms with Crippen molar-refractivity contribution in [2.24, 2.45) is 5.10 Å². The molecule has 1 aliphatic rings. The molecule has 0 bridgehead atoms. The molecular weight excluding hydrogens is 539 g/mol. The number of halogens is 3. The van der Waals surface area contributed by atoms with Crippen molar-refractivity contribution < 1.29 is 37.8 Å². The molecule has 2 amide bonds. The van der Waals surface area contributed by atoms with Crippen molar-refractivity contribution in [3.05, 3.63) is 119 Å². The number of alkyl halides is 3. The molecule has 5 rings (SSSR count). The number of phenols is 1. The van der Waals surface area contributed by atoms with Crippen LogP contribution >= 0.6 is 0 Å². The topological polar surface area (TPSA) is 119 Å². The second kappa shape index (κ2) is 10.6. The summed E-state index contributed by atoms with van der Waals surface area (Å²) in [6.07, 6.45) is -4.53. The van der Waals surface area contributed by atoms with Crippen LogP contribution in [0.4, 0.5) is 18.9 Å². The molecule has 4 aromatic rings. The molecule has 0 aromatic heterocycles. The van der Waals surface area contributed by atoms with Crippen LogP contribution in [0, 0.1) is 0 Å². The van der Waals surface area contributed by atoms with Crippen LogP contribution in [0.1, 0.15) is 37.4 Å². The van der Waals surface area contributed by atoms with E-state index < -0.39 is 29.5 Å². The Bertz CT molecular complexity index is 1720. The molecule has 0 unspecified atom stereocenters. The van der Waals surface area contributed by atoms with Crippen molar-refractivity contribution in [1.82, 2.24) is 4.90 Å². The van der Waals surface area contributed by atoms with E-state index in [0.717, 1.165) is 17.0 Å². The second-order valence-corrected chi connectivity index (χ2v) is 9.10. The van der Waals surface area contributed by atoms with Crippen molar-refractivity contribution in [2.45, 2.75) is 12.7 Å². The average Bonchev–Trinajstić information content (AvgIpc) is 2.96. The number of hydrogen-bond acceptors (Lipinski definition) is 6. The number of hydrazone groups is 1. The van der Waals surface area contributed by atoms with E-state index in [-0.39, 0.29) is 40.4 Å². The van der Waals surface area contributed by atoms with E-state index in [4.69, 9.17) is 0 Å². The third-order valence-electron chi connectivity index (χ3n) is 6.47. The second-order valence-electron chi connectivity index (χ2n) is 9.10. The summed E-state index contributed by atoms with van der Waals surface area (Å²) in [4.78, 5) is 38.9. The molecule has 8 nitrogen and oxygen atoms in total. The molecule has 1 aliphatic heterocycles. The zero-order valence-corrected chi connectivity index (χ0v) is 21.0. The van der Waals surface area contributed by atoms with Gasteiger partial charge in [0.1, 0.15) is 5.75 Å². The summed E-state index contributed by atoms with van der Waals surface area (Å²) in [5, 5.41) is 24.4. The number of carbonyl (C=O) groups excluding carboxylic acids is 2. The molecule has 1 heterocycles. The number of carbonyl (C=O) groups is 3. The molecule has 3 N–H and O–H groups in total. The summed E-state index contributed by atoms with van der Waals surface area (Å²) in [6, 6.07) is 21.1. The molecule has 0 spiro atoms. The van der Waals surface area contributed by atoms with Crippen molar-refractivity contribution >= 4 is 29.2 Å². The fourth-order valence-corrected chi connectivity index (χ4v) is 4.39. The quantitative estimate of drug-likeness (QED) is 0.157. The highest BCUT2D eigenvalue weighted by molar-refractivity contribution is 6.51. The molecule has 0 saturated carbocycles. The minimum Gasteiger partial charge on any atom is -0.505 e. The summed E-state index contributed by atoms with van der Waals surface area (Å²) in [7, 11) is 0. The van der Waals surface area contributed by atoms with Gasteiger partial charge in [0, 0.05) is 16.7 Å². The smallest absolute Gasteiger partial charge is 0.416 e. The maximum Gasteiger partial charge on any atom is 0.416 e. The van der Waals surface area contributed by atoms with Crippen LogP contribution in [0.5, 0.6) is 5.75 Å². The summed E-state index contributed by atoms with van der Waals surface area (Å²) >= 11 is 0. The van der Waals surface area contributed by atoms with Crippen LogP contribution < -0.4 is 5.43 Å². The van der Waals surface area contributed by atoms with Gasteiger partial charge in [-0.3, -0.25) is 19.9 Å². The van der Waals surface area contributed by atoms with Gasteiger partial charge < -0.3 is 10.2 Å². The maximum absolute atomic E-state index is 13.5. The number of carboxylic acid groups (broad SMARTS) is 1. The molecular formula is C30H20F3N3O5. The Hall–Kier alpha value is -5.45. The number of nitrogens with zero attached hydrogens (tertiary/aromatic N) is 2. The lowest BCUT2D eigenvalue weighted by Gasteiger charge is -2.28. The Kier molecular flexibility index (Phi) is 7.02. The number of aromatic hydroxyl groups is 1. The number of para-hydroxylation sites is 1. The van der Waals surface area contributed by atoms with Gasteiger partial charge in [0.15, 0.2) is 5.71 Å². The standard InChI is InChI=1S/C30H20F3N3O5/c31-30(32,33)20-13-11-17(12-14-20)16-36-27(38)23-8-2-1-7-22(23)25(28(36)39)35-34-24-10-4-9-21(26(24)37)18-5-3-6-19(15-18)29(40)41/h1-15,34,37H,16H2,(H,40,41)/b35-25-. The largest absolute Gasteiger partial charge is 0.505 e. The zero-order valence-electron chi connectivity index (χ0n) is 21.0. The summed E-state index contributed by atoms with van der Waals surface area (Å²) in [5.41, 5.74) is 3.26. The third kappa shape index (κ3) is 5.37. The van der Waals surface area contributed by atoms with Crippen LogP contribution in [-0.4, -0.2) is 38.6 Å². The van der Waals surface area contributed by atoms with Crippen molar-refractivity contribution in [2.75, 3.05) is 5.43 Å². The lowest BCUT2D eigenvalue weighted by Crippen LogP contribution is -2.46. The SMILES string of the molecule is O=C(O)c1cccc(-c2cccc(N/N=C3\C(=O)N(Cc4ccc(C(F)(F)F)cc4)C(=O)c4ccccc43)c2O)c1. The summed E-state index contributed by atoms with van der Waals surface area (Å²) < 4.78 is 38.9. The number of carboxylic acids is 1. The van der Waals surface area contributed by atoms with Gasteiger partial charge in [-0.05, 0) is 47.5 Å². The number of benzene rings is 4. The lowest BCUT2D eigenvalue weighted by atomic mass is 9.96. The van der Waals surface area contributed by atoms with Crippen LogP contribution in [-0.2, 0) is 17.5 Å². The van der Waals surface area contributed by atoms with E-state index in [1.165, 1.54) is 42.5 Å². The molecule has 0 radical (unpaired) electrons. The number of rotatable bonds is 6. The highest BCUT2D eigenvalue weighted by atomic mass is 19.4. The van der Waals surface area contributed by atoms with Crippen molar-refractivity contribution in [1.29, 1.82) is 0 Å². The molecule has 41 heavy (non-hydrogen) atoms. The highest BCUT2D eigenvalue weighted by Crippen LogP contribution is 2.36. The predicted molar refractivity (Wildman–Crippen MR) is 143 cm³/mol. The summed E-state index contributed by atoms with van der Waals surface area (Å²) in [5.74, 6) is -2.80. The lowest BCUT2D eigenvalue weighted by molar-refractivity contribution is -0.137. The Morgan fingerprint density at radius 1 is 0.829 bits per heavy atom. The zero-order chi connectivity index (χ0) is 29.3. The highest BCUT2D eigenvalue weighted by Gasteiger charge is 2.36. The van der Waals surface area contributed by atoms with Gasteiger partial charge in [0.2, 0.25) is 0 Å². The normalized spacial score (nSPS) is 14.2. The molecule has 0 aliphatic carbocycles. The maximum atomic E-state index is 13.5. The molecule has 11 heteroatoms. The first-order valence-electron chi connectivity index (χ1n) is 12.2. The molecule has 0 saturated heterocycles. The Morgan fingerprint density at radius 2 is 1.49 bits per heavy atom. The first-order valence-corrected chi connectivity index (χ1v) is 12.2. The van der Waals surface area contributed by atoms with E-state index >= 15 is 0 Å². The van der Waals surface area contributed by atoms with Gasteiger partial charge in [-0.1, -0.05) is 54.6 Å². The van der Waals surface area contributed by atoms with Crippen LogP contribution in [0.15, 0.2) is 96.1 Å². The average molecular weight is 560 g/mol. The third-order valence-corrected chi connectivity index (χ3v) is 6.47. The van der Waals surface area contributed by atoms with E-state index in [1.54, 1.807) is 36.4 Å². The number of nitrogens with one attached hydrogen (secondary N) is 1. The number of imide groups is 1. The van der Waals surface area contributed by atoms with Crippen LogP contribution in [0.2, 0.25) is 0 Å². The Labute approximate surface area is 231 Å². The van der Waals surface area contributed by atoms with E-state index in [2.05, 4.69) is 10.5 Å². The van der Waals surface area contributed by atoms with Gasteiger partial charge in [-0.25, -0.2) is 4.79 Å². The van der Waals surface area contributed by atoms with E-state index in [9.17, 15) is 37.8 Å². The monoisotopic (exact) mass is 559 g/mol. The number of phenolic OH excluding ortho intramolecular Hbond substituents is 1. The van der Waals surface area contributed by atoms with Gasteiger partial charge >= 0.3 is 12.1 Å². The number of anilines is 1. The van der Waals surface area contributed by atoms with Gasteiger partial charge in [-0.15, -0.1) is 0 Å². The minimum atomic E-state index is -4.53. The number of hydrogen-bond donors (Lipinski definition) is 3. The molecule has 0 fully saturated rings. The first-order chi connectivity index (χ1) is 19.5. The number of aromatic carboxylic acids is 1. The Morgan fingerprint density at radius 3 is 2.17 bits per heavy atom. The van der Waals surface area contributed by atoms with E-state index in [1.807, 2.05) is 0 Å². The van der Waals surface area contributed by atoms with Gasteiger partial charge in [0.25, 0.3) is 11.8 Å². The minimum absolute atomic E-state index is 0.0303. The fraction of sp³-hybridized carbons (Fsp3) is 0.0667. The summed E-state index contributed by atoms with van der Waals surface area (Å²) in [6.45, 7) is -0.288. The van der Waals surface area contributed by atoms with Crippen LogP contribution in [0.3, 0.4) is 0 Å².